The zero-order valence-electron chi connectivity index (χ0n) is 29.3. The number of carbonyl (C=O) groups is 1. The maximum atomic E-state index is 12.7. The second-order valence-corrected chi connectivity index (χ2v) is 14.4. The van der Waals surface area contributed by atoms with Gasteiger partial charge in [-0.3, -0.25) is 0 Å². The number of ether oxygens (including phenoxy) is 1. The minimum atomic E-state index is -0.478. The van der Waals surface area contributed by atoms with Gasteiger partial charge in [-0.25, -0.2) is 4.79 Å². The van der Waals surface area contributed by atoms with E-state index in [4.69, 9.17) is 4.74 Å². The molecule has 4 aromatic rings. The number of benzene rings is 4. The summed E-state index contributed by atoms with van der Waals surface area (Å²) in [6.07, 6.45) is -0.230. The number of hydrogen-bond acceptors (Lipinski definition) is 7. The van der Waals surface area contributed by atoms with Gasteiger partial charge in [0.25, 0.3) is 0 Å². The van der Waals surface area contributed by atoms with E-state index in [1.807, 2.05) is 25.7 Å². The lowest BCUT2D eigenvalue weighted by atomic mass is 10.1. The number of amides is 1. The first kappa shape index (κ1) is 32.8. The summed E-state index contributed by atoms with van der Waals surface area (Å²) in [5.74, 6) is 0. The molecule has 0 aliphatic carbocycles. The molecule has 4 heterocycles. The van der Waals surface area contributed by atoms with Crippen LogP contribution in [-0.2, 0) is 30.9 Å². The highest BCUT2D eigenvalue weighted by atomic mass is 16.6. The first-order valence-corrected chi connectivity index (χ1v) is 17.8. The van der Waals surface area contributed by atoms with Gasteiger partial charge < -0.3 is 34.6 Å². The molecule has 4 aliphatic heterocycles. The first-order chi connectivity index (χ1) is 23.8. The predicted octanol–water partition coefficient (Wildman–Crippen LogP) is 6.88. The summed E-state index contributed by atoms with van der Waals surface area (Å²) in [4.78, 5) is 24.4. The molecule has 0 spiro atoms. The second-order valence-electron chi connectivity index (χ2n) is 14.4. The highest BCUT2D eigenvalue weighted by Crippen LogP contribution is 2.40. The van der Waals surface area contributed by atoms with E-state index in [9.17, 15) is 4.79 Å². The first-order valence-electron chi connectivity index (χ1n) is 17.8. The summed E-state index contributed by atoms with van der Waals surface area (Å²) >= 11 is 0. The zero-order valence-corrected chi connectivity index (χ0v) is 29.3. The van der Waals surface area contributed by atoms with Crippen molar-refractivity contribution in [2.75, 3.05) is 72.0 Å². The summed E-state index contributed by atoms with van der Waals surface area (Å²) in [5.41, 5.74) is 10.2. The van der Waals surface area contributed by atoms with Crippen LogP contribution in [0.15, 0.2) is 97.1 Å². The maximum Gasteiger partial charge on any atom is 0.410 e. The van der Waals surface area contributed by atoms with Crippen molar-refractivity contribution in [1.29, 1.82) is 0 Å². The summed E-state index contributed by atoms with van der Waals surface area (Å²) in [7, 11) is 0. The van der Waals surface area contributed by atoms with Gasteiger partial charge in [-0.15, -0.1) is 0 Å². The Morgan fingerprint density at radius 3 is 1.76 bits per heavy atom. The number of carbonyl (C=O) groups excluding carboxylic acids is 1. The van der Waals surface area contributed by atoms with Crippen LogP contribution in [0.5, 0.6) is 0 Å². The summed E-state index contributed by atoms with van der Waals surface area (Å²) in [5, 5.41) is 3.53. The van der Waals surface area contributed by atoms with Crippen LogP contribution < -0.4 is 24.9 Å². The number of rotatable bonds is 4. The predicted molar refractivity (Wildman–Crippen MR) is 201 cm³/mol. The lowest BCUT2D eigenvalue weighted by molar-refractivity contribution is 0.0243. The van der Waals surface area contributed by atoms with E-state index >= 15 is 0 Å². The Labute approximate surface area is 291 Å². The smallest absolute Gasteiger partial charge is 0.410 e. The van der Waals surface area contributed by atoms with E-state index in [1.165, 1.54) is 45.0 Å². The topological polar surface area (TPSA) is 54.5 Å². The number of nitrogens with one attached hydrogen (secondary N) is 1. The van der Waals surface area contributed by atoms with Gasteiger partial charge in [-0.05, 0) is 55.2 Å². The Bertz CT molecular complexity index is 1720. The Balaban J connectivity index is 0.000000160. The third-order valence-corrected chi connectivity index (χ3v) is 9.75. The van der Waals surface area contributed by atoms with E-state index in [0.29, 0.717) is 13.1 Å². The number of nitrogens with zero attached hydrogens (tertiary/aromatic N) is 5. The average molecular weight is 659 g/mol. The van der Waals surface area contributed by atoms with Gasteiger partial charge in [0.1, 0.15) is 5.60 Å². The zero-order chi connectivity index (χ0) is 33.8. The van der Waals surface area contributed by atoms with Crippen LogP contribution in [-0.4, -0.2) is 69.0 Å². The van der Waals surface area contributed by atoms with E-state index in [0.717, 1.165) is 65.4 Å². The molecule has 0 saturated heterocycles. The van der Waals surface area contributed by atoms with Gasteiger partial charge in [0.15, 0.2) is 0 Å². The molecule has 0 radical (unpaired) electrons. The van der Waals surface area contributed by atoms with Crippen molar-refractivity contribution in [3.63, 3.8) is 0 Å². The minimum absolute atomic E-state index is 0.230. The Morgan fingerprint density at radius 1 is 0.633 bits per heavy atom. The molecule has 49 heavy (non-hydrogen) atoms. The third-order valence-electron chi connectivity index (χ3n) is 9.75. The largest absolute Gasteiger partial charge is 0.444 e. The van der Waals surface area contributed by atoms with Gasteiger partial charge >= 0.3 is 6.09 Å². The van der Waals surface area contributed by atoms with Crippen molar-refractivity contribution in [3.8, 4) is 0 Å². The molecule has 1 amide bonds. The van der Waals surface area contributed by atoms with Gasteiger partial charge in [-0.1, -0.05) is 84.9 Å². The lowest BCUT2D eigenvalue weighted by Gasteiger charge is -2.39. The van der Waals surface area contributed by atoms with Crippen molar-refractivity contribution in [2.45, 2.75) is 52.6 Å². The molecule has 0 fully saturated rings. The molecule has 4 aliphatic rings. The standard InChI is InChI=1S/C23H29N3O2.C18H21N3/c1-23(2,3)28-22(27)26-15-13-24-12-14-25(16-18-8-5-4-6-9-18)20-11-7-10-19(17-26)21(20)24;1-2-5-15(6-3-1)14-21-12-11-20-10-9-19-13-16-7-4-8-17(21)18(16)20/h4-11H,12-17H2,1-3H3;1-8,19H,9-14H2. The van der Waals surface area contributed by atoms with Crippen LogP contribution >= 0.6 is 0 Å². The SMILES string of the molecule is CC(C)(C)OC(=O)N1CCN2CCN(Cc3ccccc3)c3cccc(c32)C1.c1ccc(CN2CCN3CCNCc4cccc2c43)cc1. The molecule has 0 unspecified atom stereocenters. The molecule has 256 valence electrons. The molecule has 1 N–H and O–H groups in total. The van der Waals surface area contributed by atoms with E-state index in [1.54, 1.807) is 0 Å². The lowest BCUT2D eigenvalue weighted by Crippen LogP contribution is -2.43. The summed E-state index contributed by atoms with van der Waals surface area (Å²) < 4.78 is 5.62. The van der Waals surface area contributed by atoms with Gasteiger partial charge in [0, 0.05) is 72.0 Å². The molecular weight excluding hydrogens is 608 g/mol. The van der Waals surface area contributed by atoms with Crippen LogP contribution in [0.1, 0.15) is 43.0 Å². The highest BCUT2D eigenvalue weighted by molar-refractivity contribution is 5.79. The van der Waals surface area contributed by atoms with Gasteiger partial charge in [-0.2, -0.15) is 0 Å². The van der Waals surface area contributed by atoms with E-state index in [2.05, 4.69) is 122 Å². The average Bonchev–Trinajstić information content (AvgIpc) is 3.44. The second kappa shape index (κ2) is 14.4. The quantitative estimate of drug-likeness (QED) is 0.257. The van der Waals surface area contributed by atoms with E-state index in [-0.39, 0.29) is 6.09 Å². The molecule has 0 atom stereocenters. The van der Waals surface area contributed by atoms with Crippen molar-refractivity contribution in [3.05, 3.63) is 119 Å². The van der Waals surface area contributed by atoms with Crippen molar-refractivity contribution >= 4 is 28.8 Å². The molecule has 8 rings (SSSR count). The summed E-state index contributed by atoms with van der Waals surface area (Å²) in [6, 6.07) is 34.6. The van der Waals surface area contributed by atoms with Crippen LogP contribution in [0.2, 0.25) is 0 Å². The third kappa shape index (κ3) is 7.65. The summed E-state index contributed by atoms with van der Waals surface area (Å²) in [6.45, 7) is 17.1. The fourth-order valence-corrected chi connectivity index (χ4v) is 7.44. The fourth-order valence-electron chi connectivity index (χ4n) is 7.44. The van der Waals surface area contributed by atoms with Crippen molar-refractivity contribution < 1.29 is 9.53 Å². The molecule has 0 bridgehead atoms. The van der Waals surface area contributed by atoms with Crippen LogP contribution in [0, 0.1) is 0 Å². The van der Waals surface area contributed by atoms with Crippen LogP contribution in [0.4, 0.5) is 27.5 Å². The van der Waals surface area contributed by atoms with Crippen LogP contribution in [0.3, 0.4) is 0 Å². The number of para-hydroxylation sites is 2. The minimum Gasteiger partial charge on any atom is -0.444 e. The van der Waals surface area contributed by atoms with Crippen molar-refractivity contribution in [1.82, 2.24) is 10.2 Å². The van der Waals surface area contributed by atoms with E-state index < -0.39 is 5.60 Å². The monoisotopic (exact) mass is 658 g/mol. The molecule has 8 nitrogen and oxygen atoms in total. The molecule has 8 heteroatoms. The van der Waals surface area contributed by atoms with Gasteiger partial charge in [0.05, 0.1) is 29.3 Å². The normalized spacial score (nSPS) is 16.8. The molecular formula is C41H50N6O2. The molecule has 4 aromatic carbocycles. The highest BCUT2D eigenvalue weighted by Gasteiger charge is 2.32. The van der Waals surface area contributed by atoms with Crippen molar-refractivity contribution in [2.24, 2.45) is 0 Å². The number of hydrogen-bond donors (Lipinski definition) is 1. The Morgan fingerprint density at radius 2 is 1.16 bits per heavy atom. The fraction of sp³-hybridized carbons (Fsp3) is 0.390. The van der Waals surface area contributed by atoms with Crippen LogP contribution in [0.25, 0.3) is 0 Å². The number of anilines is 4. The Hall–Kier alpha value is -4.69. The maximum absolute atomic E-state index is 12.7. The molecule has 0 aromatic heterocycles. The Kier molecular flexibility index (Phi) is 9.67. The molecule has 0 saturated carbocycles. The van der Waals surface area contributed by atoms with Gasteiger partial charge in [0.2, 0.25) is 0 Å².